The standard InChI is InChI=1S/C36H42N5O7P/c1-2-19-39-26-35(43)40-32(23-28-13-16-31(17-14-28)48-49(45,46)47)36(44)38(24-29-11-8-12-30(22-29)37-20-6-7-21-37)25-33(40)41(39)34(42)18-15-27-9-4-3-5-10-27/h2-5,8-14,16-17,22,32-33H,1,6-7,15,18-21,23-26H2,(H2,45,46,47)/t32-,33-/m0/s1. The van der Waals surface area contributed by atoms with Gasteiger partial charge in [-0.15, -0.1) is 6.58 Å². The highest BCUT2D eigenvalue weighted by Crippen LogP contribution is 2.38. The van der Waals surface area contributed by atoms with E-state index in [9.17, 15) is 28.7 Å². The number of hydrazine groups is 1. The molecule has 2 atom stereocenters. The fourth-order valence-electron chi connectivity index (χ4n) is 7.01. The van der Waals surface area contributed by atoms with Gasteiger partial charge in [-0.25, -0.2) is 14.6 Å². The van der Waals surface area contributed by atoms with Gasteiger partial charge in [-0.1, -0.05) is 60.7 Å². The number of benzene rings is 3. The molecular weight excluding hydrogens is 645 g/mol. The maximum absolute atomic E-state index is 14.4. The van der Waals surface area contributed by atoms with Crippen LogP contribution in [0.1, 0.15) is 36.0 Å². The van der Waals surface area contributed by atoms with Gasteiger partial charge in [0.2, 0.25) is 17.7 Å². The van der Waals surface area contributed by atoms with Gasteiger partial charge in [-0.2, -0.15) is 0 Å². The normalized spacial score (nSPS) is 20.0. The topological polar surface area (TPSA) is 134 Å². The molecule has 3 aromatic rings. The van der Waals surface area contributed by atoms with E-state index in [1.165, 1.54) is 12.1 Å². The summed E-state index contributed by atoms with van der Waals surface area (Å²) in [6.07, 6.45) is 4.08. The SMILES string of the molecule is C=CCN1CC(=O)N2[C@@H](Cc3ccc(OP(=O)(O)O)cc3)C(=O)N(Cc3cccc(N4CCCC4)c3)C[C@@H]2N1C(=O)CCc1ccccc1. The molecule has 3 saturated heterocycles. The Morgan fingerprint density at radius 3 is 2.35 bits per heavy atom. The number of anilines is 1. The predicted molar refractivity (Wildman–Crippen MR) is 184 cm³/mol. The van der Waals surface area contributed by atoms with Crippen LogP contribution in [-0.4, -0.2) is 92.3 Å². The zero-order valence-corrected chi connectivity index (χ0v) is 28.2. The summed E-state index contributed by atoms with van der Waals surface area (Å²) in [5.41, 5.74) is 3.75. The first-order valence-corrected chi connectivity index (χ1v) is 18.1. The number of fused-ring (bicyclic) bond motifs is 1. The van der Waals surface area contributed by atoms with Gasteiger partial charge in [-0.3, -0.25) is 24.2 Å². The van der Waals surface area contributed by atoms with Crippen LogP contribution in [0.3, 0.4) is 0 Å². The molecule has 12 nitrogen and oxygen atoms in total. The first-order valence-electron chi connectivity index (χ1n) is 16.6. The van der Waals surface area contributed by atoms with Crippen molar-refractivity contribution in [1.82, 2.24) is 19.8 Å². The summed E-state index contributed by atoms with van der Waals surface area (Å²) in [6.45, 7) is 6.48. The number of nitrogens with zero attached hydrogens (tertiary/aromatic N) is 5. The van der Waals surface area contributed by atoms with Crippen molar-refractivity contribution in [2.75, 3.05) is 37.6 Å². The van der Waals surface area contributed by atoms with Gasteiger partial charge in [0.15, 0.2) is 0 Å². The minimum absolute atomic E-state index is 0.0197. The summed E-state index contributed by atoms with van der Waals surface area (Å²) in [6, 6.07) is 23.1. The number of phosphoric acid groups is 1. The highest BCUT2D eigenvalue weighted by molar-refractivity contribution is 7.46. The van der Waals surface area contributed by atoms with Crippen molar-refractivity contribution >= 4 is 31.2 Å². The highest BCUT2D eigenvalue weighted by Gasteiger charge is 2.51. The average Bonchev–Trinajstić information content (AvgIpc) is 3.62. The number of rotatable bonds is 12. The Morgan fingerprint density at radius 1 is 0.939 bits per heavy atom. The molecule has 3 aromatic carbocycles. The number of aryl methyl sites for hydroxylation is 1. The van der Waals surface area contributed by atoms with Crippen LogP contribution in [-0.2, 0) is 38.3 Å². The monoisotopic (exact) mass is 687 g/mol. The molecule has 0 aromatic heterocycles. The van der Waals surface area contributed by atoms with Crippen LogP contribution >= 0.6 is 7.82 Å². The number of hydrogen-bond donors (Lipinski definition) is 2. The highest BCUT2D eigenvalue weighted by atomic mass is 31.2. The Bertz CT molecular complexity index is 1710. The van der Waals surface area contributed by atoms with Crippen molar-refractivity contribution in [3.05, 3.63) is 108 Å². The van der Waals surface area contributed by atoms with Crippen LogP contribution < -0.4 is 9.42 Å². The van der Waals surface area contributed by atoms with E-state index in [1.807, 2.05) is 42.5 Å². The van der Waals surface area contributed by atoms with E-state index in [1.54, 1.807) is 38.0 Å². The molecule has 0 radical (unpaired) electrons. The fourth-order valence-corrected chi connectivity index (χ4v) is 7.40. The van der Waals surface area contributed by atoms with E-state index in [2.05, 4.69) is 23.6 Å². The molecule has 258 valence electrons. The van der Waals surface area contributed by atoms with Crippen molar-refractivity contribution in [2.24, 2.45) is 0 Å². The van der Waals surface area contributed by atoms with Gasteiger partial charge < -0.3 is 19.2 Å². The van der Waals surface area contributed by atoms with Crippen molar-refractivity contribution < 1.29 is 33.3 Å². The third kappa shape index (κ3) is 8.22. The Kier molecular flexibility index (Phi) is 10.5. The summed E-state index contributed by atoms with van der Waals surface area (Å²) >= 11 is 0. The third-order valence-electron chi connectivity index (χ3n) is 9.23. The molecule has 49 heavy (non-hydrogen) atoms. The second kappa shape index (κ2) is 15.0. The van der Waals surface area contributed by atoms with Crippen molar-refractivity contribution in [1.29, 1.82) is 0 Å². The van der Waals surface area contributed by atoms with Crippen LogP contribution in [0.25, 0.3) is 0 Å². The molecule has 2 N–H and O–H groups in total. The largest absolute Gasteiger partial charge is 0.524 e. The zero-order chi connectivity index (χ0) is 34.5. The molecule has 3 heterocycles. The second-order valence-corrected chi connectivity index (χ2v) is 13.8. The van der Waals surface area contributed by atoms with E-state index in [0.29, 0.717) is 18.5 Å². The van der Waals surface area contributed by atoms with Crippen LogP contribution in [0.15, 0.2) is 91.5 Å². The smallest absolute Gasteiger partial charge is 0.404 e. The van der Waals surface area contributed by atoms with Gasteiger partial charge in [0.25, 0.3) is 0 Å². The molecule has 6 rings (SSSR count). The third-order valence-corrected chi connectivity index (χ3v) is 9.68. The molecule has 0 aliphatic carbocycles. The summed E-state index contributed by atoms with van der Waals surface area (Å²) in [5.74, 6) is -0.681. The Balaban J connectivity index is 1.32. The van der Waals surface area contributed by atoms with Crippen LogP contribution in [0.5, 0.6) is 5.75 Å². The Morgan fingerprint density at radius 2 is 1.65 bits per heavy atom. The van der Waals surface area contributed by atoms with Crippen LogP contribution in [0, 0.1) is 0 Å². The summed E-state index contributed by atoms with van der Waals surface area (Å²) in [5, 5.41) is 3.37. The number of amides is 3. The molecule has 3 amide bonds. The van der Waals surface area contributed by atoms with Crippen LogP contribution in [0.2, 0.25) is 0 Å². The first kappa shape index (κ1) is 34.4. The molecule has 3 aliphatic rings. The Hall–Kier alpha value is -4.48. The number of piperazine rings is 1. The number of hydrogen-bond acceptors (Lipinski definition) is 7. The molecule has 3 fully saturated rings. The lowest BCUT2D eigenvalue weighted by molar-refractivity contribution is -0.205. The van der Waals surface area contributed by atoms with Gasteiger partial charge in [0.05, 0.1) is 13.1 Å². The van der Waals surface area contributed by atoms with Gasteiger partial charge in [0, 0.05) is 44.7 Å². The van der Waals surface area contributed by atoms with Crippen molar-refractivity contribution in [3.8, 4) is 5.75 Å². The molecule has 0 unspecified atom stereocenters. The van der Waals surface area contributed by atoms with Crippen molar-refractivity contribution in [2.45, 2.75) is 50.9 Å². The molecule has 0 bridgehead atoms. The van der Waals surface area contributed by atoms with Crippen LogP contribution in [0.4, 0.5) is 5.69 Å². The molecule has 3 aliphatic heterocycles. The van der Waals surface area contributed by atoms with E-state index in [0.717, 1.165) is 42.7 Å². The number of phosphoric ester groups is 1. The lowest BCUT2D eigenvalue weighted by Gasteiger charge is -2.55. The molecule has 13 heteroatoms. The van der Waals surface area contributed by atoms with Gasteiger partial charge >= 0.3 is 7.82 Å². The second-order valence-electron chi connectivity index (χ2n) is 12.7. The minimum Gasteiger partial charge on any atom is -0.404 e. The lowest BCUT2D eigenvalue weighted by Crippen LogP contribution is -2.75. The molecular formula is C36H42N5O7P. The quantitative estimate of drug-likeness (QED) is 0.216. The minimum atomic E-state index is -4.75. The number of carbonyl (C=O) groups is 3. The molecule has 0 spiro atoms. The van der Waals surface area contributed by atoms with E-state index >= 15 is 0 Å². The van der Waals surface area contributed by atoms with E-state index in [-0.39, 0.29) is 55.9 Å². The Labute approximate surface area is 286 Å². The van der Waals surface area contributed by atoms with Crippen molar-refractivity contribution in [3.63, 3.8) is 0 Å². The maximum atomic E-state index is 14.4. The van der Waals surface area contributed by atoms with E-state index < -0.39 is 20.0 Å². The molecule has 0 saturated carbocycles. The van der Waals surface area contributed by atoms with E-state index in [4.69, 9.17) is 4.52 Å². The first-order chi connectivity index (χ1) is 23.6. The van der Waals surface area contributed by atoms with Gasteiger partial charge in [-0.05, 0) is 60.2 Å². The summed E-state index contributed by atoms with van der Waals surface area (Å²) in [7, 11) is -4.75. The van der Waals surface area contributed by atoms with Gasteiger partial charge in [0.1, 0.15) is 18.0 Å². The summed E-state index contributed by atoms with van der Waals surface area (Å²) in [4.78, 5) is 66.4. The predicted octanol–water partition coefficient (Wildman–Crippen LogP) is 3.74. The zero-order valence-electron chi connectivity index (χ0n) is 27.3. The maximum Gasteiger partial charge on any atom is 0.524 e. The average molecular weight is 688 g/mol. The lowest BCUT2D eigenvalue weighted by atomic mass is 9.98. The number of carbonyl (C=O) groups excluding carboxylic acids is 3. The fraction of sp³-hybridized carbons (Fsp3) is 0.361. The summed E-state index contributed by atoms with van der Waals surface area (Å²) < 4.78 is 16.0.